The van der Waals surface area contributed by atoms with Crippen LogP contribution in [-0.2, 0) is 14.3 Å². The Morgan fingerprint density at radius 3 is 2.54 bits per heavy atom. The molecule has 2 aromatic rings. The van der Waals surface area contributed by atoms with E-state index in [2.05, 4.69) is 21.3 Å². The first-order valence-electron chi connectivity index (χ1n) is 16.1. The molecule has 5 rings (SSSR count). The number of ether oxygens (including phenoxy) is 1. The Morgan fingerprint density at radius 2 is 1.87 bits per heavy atom. The Bertz CT molecular complexity index is 1500. The number of amides is 2. The number of benzene rings is 1. The average molecular weight is 628 g/mol. The lowest BCUT2D eigenvalue weighted by Gasteiger charge is -2.29. The van der Waals surface area contributed by atoms with E-state index in [1.165, 1.54) is 11.9 Å². The monoisotopic (exact) mass is 627 g/mol. The molecule has 46 heavy (non-hydrogen) atoms. The minimum absolute atomic E-state index is 0.0150. The van der Waals surface area contributed by atoms with Crippen molar-refractivity contribution in [2.24, 2.45) is 16.8 Å². The molecule has 1 aromatic carbocycles. The Kier molecular flexibility index (Phi) is 10.9. The van der Waals surface area contributed by atoms with Crippen molar-refractivity contribution in [3.05, 3.63) is 59.3 Å². The number of anilines is 2. The highest BCUT2D eigenvalue weighted by Crippen LogP contribution is 2.27. The third-order valence-corrected chi connectivity index (χ3v) is 9.05. The van der Waals surface area contributed by atoms with Crippen LogP contribution in [0.25, 0.3) is 5.57 Å². The zero-order valence-corrected chi connectivity index (χ0v) is 26.8. The van der Waals surface area contributed by atoms with Gasteiger partial charge in [-0.1, -0.05) is 30.3 Å². The van der Waals surface area contributed by atoms with Crippen molar-refractivity contribution >= 4 is 46.8 Å². The molecule has 244 valence electrons. The number of nitrogens with two attached hydrogens (primary N) is 1. The number of nitrogens with one attached hydrogen (secondary N) is 3. The molecule has 0 saturated carbocycles. The van der Waals surface area contributed by atoms with E-state index >= 15 is 0 Å². The van der Waals surface area contributed by atoms with E-state index in [0.29, 0.717) is 75.3 Å². The maximum absolute atomic E-state index is 13.7. The zero-order chi connectivity index (χ0) is 32.6. The number of hydrogen-bond acceptors (Lipinski definition) is 8. The van der Waals surface area contributed by atoms with Gasteiger partial charge in [0.2, 0.25) is 11.8 Å². The van der Waals surface area contributed by atoms with Crippen molar-refractivity contribution in [2.75, 3.05) is 70.2 Å². The molecule has 4 heterocycles. The second-order valence-corrected chi connectivity index (χ2v) is 12.0. The summed E-state index contributed by atoms with van der Waals surface area (Å²) in [5.74, 6) is 0.574. The molecule has 1 aromatic heterocycles. The summed E-state index contributed by atoms with van der Waals surface area (Å²) in [6, 6.07) is 11.3. The normalized spacial score (nSPS) is 19.2. The molecule has 12 nitrogen and oxygen atoms in total. The lowest BCUT2D eigenvalue weighted by molar-refractivity contribution is -0.132. The highest BCUT2D eigenvalue weighted by molar-refractivity contribution is 6.03. The van der Waals surface area contributed by atoms with Gasteiger partial charge in [-0.05, 0) is 62.4 Å². The zero-order valence-electron chi connectivity index (χ0n) is 26.8. The number of amidine groups is 1. The van der Waals surface area contributed by atoms with E-state index in [1.807, 2.05) is 36.1 Å². The standard InChI is InChI=1S/C34H45N9O3/c1-3-43(29-9-8-28(35)32(40-29)31(36)25-13-18-46-19-14-25)34(45)27-10-15-41(20-27)21-30(44)42-16-11-24(12-17-42)23-4-6-26(7-5-23)33(37)39-22-38-2/h4-9,11,22,25,27,36H,3,10,12-21,35H2,1-2H3,(H2,37,38,39)/t27-/m1/s1. The van der Waals surface area contributed by atoms with Crippen LogP contribution < -0.4 is 16.0 Å². The first kappa shape index (κ1) is 33.0. The van der Waals surface area contributed by atoms with Crippen LogP contribution in [0, 0.1) is 22.7 Å². The van der Waals surface area contributed by atoms with Crippen LogP contribution in [0.1, 0.15) is 49.4 Å². The van der Waals surface area contributed by atoms with Crippen LogP contribution in [0.2, 0.25) is 0 Å². The average Bonchev–Trinajstić information content (AvgIpc) is 3.56. The molecular weight excluding hydrogens is 582 g/mol. The van der Waals surface area contributed by atoms with Gasteiger partial charge >= 0.3 is 0 Å². The van der Waals surface area contributed by atoms with Gasteiger partial charge in [0.25, 0.3) is 0 Å². The number of carbonyl (C=O) groups excluding carboxylic acids is 2. The van der Waals surface area contributed by atoms with E-state index in [-0.39, 0.29) is 36.0 Å². The lowest BCUT2D eigenvalue weighted by Crippen LogP contribution is -2.42. The summed E-state index contributed by atoms with van der Waals surface area (Å²) in [5.41, 5.74) is 10.5. The fraction of sp³-hybridized carbons (Fsp3) is 0.471. The van der Waals surface area contributed by atoms with E-state index in [1.54, 1.807) is 24.1 Å². The van der Waals surface area contributed by atoms with Crippen LogP contribution in [-0.4, -0.2) is 104 Å². The molecule has 3 aliphatic rings. The molecule has 2 saturated heterocycles. The minimum atomic E-state index is -0.230. The fourth-order valence-corrected chi connectivity index (χ4v) is 6.33. The Morgan fingerprint density at radius 1 is 1.11 bits per heavy atom. The molecule has 1 atom stereocenters. The third-order valence-electron chi connectivity index (χ3n) is 9.05. The van der Waals surface area contributed by atoms with Crippen molar-refractivity contribution in [1.82, 2.24) is 20.1 Å². The quantitative estimate of drug-likeness (QED) is 0.232. The van der Waals surface area contributed by atoms with Crippen molar-refractivity contribution in [2.45, 2.75) is 32.6 Å². The van der Waals surface area contributed by atoms with Gasteiger partial charge < -0.3 is 26.1 Å². The maximum Gasteiger partial charge on any atom is 0.237 e. The van der Waals surface area contributed by atoms with Gasteiger partial charge in [-0.2, -0.15) is 0 Å². The largest absolute Gasteiger partial charge is 0.397 e. The summed E-state index contributed by atoms with van der Waals surface area (Å²) in [5, 5.41) is 19.6. The number of pyridine rings is 1. The number of nitrogens with zero attached hydrogens (tertiary/aromatic N) is 5. The number of nitrogen functional groups attached to an aromatic ring is 1. The van der Waals surface area contributed by atoms with Gasteiger partial charge in [0.1, 0.15) is 11.5 Å². The molecule has 2 fully saturated rings. The maximum atomic E-state index is 13.7. The number of aromatic nitrogens is 1. The molecule has 0 radical (unpaired) electrons. The SMILES string of the molecule is CCN(C(=O)[C@@H]1CCN(CC(=O)N2CC=C(c3ccc(C(=N)/N=C\NC)cc3)CC2)C1)c1ccc(N)c(C(=N)C2CCOCC2)n1. The van der Waals surface area contributed by atoms with Gasteiger partial charge in [-0.3, -0.25) is 24.8 Å². The second kappa shape index (κ2) is 15.2. The molecule has 3 aliphatic heterocycles. The highest BCUT2D eigenvalue weighted by atomic mass is 16.5. The van der Waals surface area contributed by atoms with Gasteiger partial charge in [0, 0.05) is 57.9 Å². The molecule has 0 aliphatic carbocycles. The number of rotatable bonds is 10. The number of hydrogen-bond donors (Lipinski definition) is 4. The van der Waals surface area contributed by atoms with Gasteiger partial charge in [0.15, 0.2) is 5.84 Å². The van der Waals surface area contributed by atoms with Crippen LogP contribution in [0.15, 0.2) is 47.5 Å². The van der Waals surface area contributed by atoms with E-state index in [0.717, 1.165) is 30.4 Å². The second-order valence-electron chi connectivity index (χ2n) is 12.0. The lowest BCUT2D eigenvalue weighted by atomic mass is 9.92. The minimum Gasteiger partial charge on any atom is -0.397 e. The number of aliphatic imine (C=N–C) groups is 1. The molecular formula is C34H45N9O3. The van der Waals surface area contributed by atoms with Crippen molar-refractivity contribution in [3.8, 4) is 0 Å². The summed E-state index contributed by atoms with van der Waals surface area (Å²) in [7, 11) is 1.74. The topological polar surface area (TPSA) is 164 Å². The van der Waals surface area contributed by atoms with Crippen molar-refractivity contribution in [3.63, 3.8) is 0 Å². The molecule has 2 amide bonds. The van der Waals surface area contributed by atoms with Crippen LogP contribution >= 0.6 is 0 Å². The third kappa shape index (κ3) is 7.68. The predicted octanol–water partition coefficient (Wildman–Crippen LogP) is 3.02. The van der Waals surface area contributed by atoms with Crippen LogP contribution in [0.4, 0.5) is 11.5 Å². The predicted molar refractivity (Wildman–Crippen MR) is 182 cm³/mol. The molecule has 5 N–H and O–H groups in total. The van der Waals surface area contributed by atoms with E-state index < -0.39 is 0 Å². The molecule has 0 spiro atoms. The summed E-state index contributed by atoms with van der Waals surface area (Å²) in [6.07, 6.45) is 6.56. The van der Waals surface area contributed by atoms with Gasteiger partial charge in [0.05, 0.1) is 30.2 Å². The van der Waals surface area contributed by atoms with Gasteiger partial charge in [-0.15, -0.1) is 0 Å². The smallest absolute Gasteiger partial charge is 0.237 e. The number of carbonyl (C=O) groups is 2. The Hall–Kier alpha value is -4.42. The van der Waals surface area contributed by atoms with Gasteiger partial charge in [-0.25, -0.2) is 9.98 Å². The fourth-order valence-electron chi connectivity index (χ4n) is 6.33. The summed E-state index contributed by atoms with van der Waals surface area (Å²) in [6.45, 7) is 6.31. The van der Waals surface area contributed by atoms with Crippen LogP contribution in [0.3, 0.4) is 0 Å². The summed E-state index contributed by atoms with van der Waals surface area (Å²) in [4.78, 5) is 41.3. The Balaban J connectivity index is 1.14. The molecule has 0 unspecified atom stereocenters. The number of likely N-dealkylation sites (tertiary alicyclic amines) is 1. The van der Waals surface area contributed by atoms with Crippen molar-refractivity contribution < 1.29 is 14.3 Å². The van der Waals surface area contributed by atoms with Crippen molar-refractivity contribution in [1.29, 1.82) is 10.8 Å². The first-order valence-corrected chi connectivity index (χ1v) is 16.1. The summed E-state index contributed by atoms with van der Waals surface area (Å²) >= 11 is 0. The van der Waals surface area contributed by atoms with E-state index in [9.17, 15) is 9.59 Å². The van der Waals surface area contributed by atoms with Crippen LogP contribution in [0.5, 0.6) is 0 Å². The molecule has 0 bridgehead atoms. The summed E-state index contributed by atoms with van der Waals surface area (Å²) < 4.78 is 5.45. The molecule has 12 heteroatoms. The highest BCUT2D eigenvalue weighted by Gasteiger charge is 2.34. The first-order chi connectivity index (χ1) is 22.3. The Labute approximate surface area is 270 Å². The van der Waals surface area contributed by atoms with E-state index in [4.69, 9.17) is 26.3 Å².